The van der Waals surface area contributed by atoms with Crippen molar-refractivity contribution in [2.75, 3.05) is 39.9 Å². The van der Waals surface area contributed by atoms with E-state index in [9.17, 15) is 0 Å². The van der Waals surface area contributed by atoms with Crippen molar-refractivity contribution in [1.82, 2.24) is 10.2 Å². The van der Waals surface area contributed by atoms with Gasteiger partial charge in [-0.2, -0.15) is 0 Å². The molecule has 0 radical (unpaired) electrons. The summed E-state index contributed by atoms with van der Waals surface area (Å²) in [6, 6.07) is 0.704. The number of ether oxygens (including phenoxy) is 1. The normalized spacial score (nSPS) is 24.0. The van der Waals surface area contributed by atoms with Crippen molar-refractivity contribution in [3.05, 3.63) is 0 Å². The third-order valence-corrected chi connectivity index (χ3v) is 2.88. The van der Waals surface area contributed by atoms with E-state index in [0.717, 1.165) is 13.2 Å². The fourth-order valence-electron chi connectivity index (χ4n) is 2.03. The number of hydrogen-bond donors (Lipinski definition) is 1. The van der Waals surface area contributed by atoms with Gasteiger partial charge < -0.3 is 15.0 Å². The Morgan fingerprint density at radius 1 is 1.50 bits per heavy atom. The molecule has 0 saturated carbocycles. The van der Waals surface area contributed by atoms with E-state index < -0.39 is 0 Å². The van der Waals surface area contributed by atoms with Crippen LogP contribution in [-0.2, 0) is 4.74 Å². The van der Waals surface area contributed by atoms with Gasteiger partial charge in [-0.25, -0.2) is 0 Å². The quantitative estimate of drug-likeness (QED) is 0.650. The SMILES string of the molecule is CCOCCCN1CCCC(NC)C1. The zero-order valence-electron chi connectivity index (χ0n) is 9.59. The summed E-state index contributed by atoms with van der Waals surface area (Å²) in [5.41, 5.74) is 0. The molecule has 1 atom stereocenters. The molecular formula is C11H24N2O. The second-order valence-corrected chi connectivity index (χ2v) is 3.98. The van der Waals surface area contributed by atoms with E-state index in [0.29, 0.717) is 6.04 Å². The minimum absolute atomic E-state index is 0.704. The van der Waals surface area contributed by atoms with Crippen LogP contribution in [-0.4, -0.2) is 50.8 Å². The molecule has 1 aliphatic heterocycles. The van der Waals surface area contributed by atoms with Crippen LogP contribution in [0, 0.1) is 0 Å². The summed E-state index contributed by atoms with van der Waals surface area (Å²) in [4.78, 5) is 2.55. The Labute approximate surface area is 87.8 Å². The first kappa shape index (κ1) is 12.0. The monoisotopic (exact) mass is 200 g/mol. The van der Waals surface area contributed by atoms with Crippen LogP contribution in [0.25, 0.3) is 0 Å². The van der Waals surface area contributed by atoms with Crippen LogP contribution in [0.15, 0.2) is 0 Å². The molecule has 1 fully saturated rings. The lowest BCUT2D eigenvalue weighted by molar-refractivity contribution is 0.122. The minimum Gasteiger partial charge on any atom is -0.382 e. The van der Waals surface area contributed by atoms with Gasteiger partial charge in [-0.15, -0.1) is 0 Å². The van der Waals surface area contributed by atoms with E-state index in [1.54, 1.807) is 0 Å². The third kappa shape index (κ3) is 4.40. The largest absolute Gasteiger partial charge is 0.382 e. The van der Waals surface area contributed by atoms with Crippen molar-refractivity contribution in [2.24, 2.45) is 0 Å². The van der Waals surface area contributed by atoms with Crippen molar-refractivity contribution in [3.8, 4) is 0 Å². The molecule has 3 nitrogen and oxygen atoms in total. The maximum Gasteiger partial charge on any atom is 0.0478 e. The van der Waals surface area contributed by atoms with Crippen LogP contribution in [0.1, 0.15) is 26.2 Å². The number of nitrogens with one attached hydrogen (secondary N) is 1. The van der Waals surface area contributed by atoms with Gasteiger partial charge in [0.25, 0.3) is 0 Å². The molecule has 0 aromatic rings. The predicted octanol–water partition coefficient (Wildman–Crippen LogP) is 1.10. The van der Waals surface area contributed by atoms with Gasteiger partial charge in [-0.05, 0) is 39.8 Å². The minimum atomic E-state index is 0.704. The molecule has 0 aliphatic carbocycles. The molecule has 0 aromatic heterocycles. The Balaban J connectivity index is 2.05. The molecule has 1 rings (SSSR count). The van der Waals surface area contributed by atoms with Crippen molar-refractivity contribution >= 4 is 0 Å². The van der Waals surface area contributed by atoms with Crippen molar-refractivity contribution in [2.45, 2.75) is 32.2 Å². The van der Waals surface area contributed by atoms with E-state index >= 15 is 0 Å². The summed E-state index contributed by atoms with van der Waals surface area (Å²) >= 11 is 0. The molecule has 1 aliphatic rings. The second kappa shape index (κ2) is 7.21. The highest BCUT2D eigenvalue weighted by Gasteiger charge is 2.17. The van der Waals surface area contributed by atoms with Crippen LogP contribution in [0.2, 0.25) is 0 Å². The standard InChI is InChI=1S/C11H24N2O/c1-3-14-9-5-8-13-7-4-6-11(10-13)12-2/h11-12H,3-10H2,1-2H3. The summed E-state index contributed by atoms with van der Waals surface area (Å²) in [5.74, 6) is 0. The molecule has 3 heteroatoms. The average molecular weight is 200 g/mol. The molecule has 0 aromatic carbocycles. The predicted molar refractivity (Wildman–Crippen MR) is 59.6 cm³/mol. The van der Waals surface area contributed by atoms with Gasteiger partial charge in [-0.1, -0.05) is 0 Å². The first-order chi connectivity index (χ1) is 6.86. The summed E-state index contributed by atoms with van der Waals surface area (Å²) in [6.45, 7) is 7.49. The fraction of sp³-hybridized carbons (Fsp3) is 1.00. The summed E-state index contributed by atoms with van der Waals surface area (Å²) in [7, 11) is 2.06. The number of piperidine rings is 1. The molecule has 1 N–H and O–H groups in total. The molecule has 1 heterocycles. The van der Waals surface area contributed by atoms with Crippen LogP contribution >= 0.6 is 0 Å². The van der Waals surface area contributed by atoms with Gasteiger partial charge in [0.15, 0.2) is 0 Å². The molecule has 14 heavy (non-hydrogen) atoms. The van der Waals surface area contributed by atoms with Crippen LogP contribution in [0.3, 0.4) is 0 Å². The molecular weight excluding hydrogens is 176 g/mol. The van der Waals surface area contributed by atoms with Crippen molar-refractivity contribution in [3.63, 3.8) is 0 Å². The maximum atomic E-state index is 5.34. The Morgan fingerprint density at radius 3 is 3.07 bits per heavy atom. The summed E-state index contributed by atoms with van der Waals surface area (Å²) in [5, 5.41) is 3.36. The van der Waals surface area contributed by atoms with Crippen molar-refractivity contribution in [1.29, 1.82) is 0 Å². The molecule has 1 unspecified atom stereocenters. The van der Waals surface area contributed by atoms with E-state index in [-0.39, 0.29) is 0 Å². The van der Waals surface area contributed by atoms with E-state index in [1.165, 1.54) is 38.9 Å². The third-order valence-electron chi connectivity index (χ3n) is 2.88. The lowest BCUT2D eigenvalue weighted by atomic mass is 10.1. The lowest BCUT2D eigenvalue weighted by Crippen LogP contribution is -2.44. The van der Waals surface area contributed by atoms with E-state index in [1.807, 2.05) is 0 Å². The maximum absolute atomic E-state index is 5.34. The highest BCUT2D eigenvalue weighted by atomic mass is 16.5. The molecule has 0 amide bonds. The Morgan fingerprint density at radius 2 is 2.36 bits per heavy atom. The van der Waals surface area contributed by atoms with Gasteiger partial charge in [-0.3, -0.25) is 0 Å². The van der Waals surface area contributed by atoms with Crippen LogP contribution in [0.4, 0.5) is 0 Å². The van der Waals surface area contributed by atoms with Gasteiger partial charge in [0, 0.05) is 32.3 Å². The lowest BCUT2D eigenvalue weighted by Gasteiger charge is -2.32. The van der Waals surface area contributed by atoms with Gasteiger partial charge in [0.1, 0.15) is 0 Å². The number of likely N-dealkylation sites (N-methyl/N-ethyl adjacent to an activating group) is 1. The van der Waals surface area contributed by atoms with Crippen LogP contribution < -0.4 is 5.32 Å². The van der Waals surface area contributed by atoms with E-state index in [4.69, 9.17) is 4.74 Å². The number of rotatable bonds is 6. The molecule has 0 bridgehead atoms. The Kier molecular flexibility index (Phi) is 6.15. The zero-order valence-corrected chi connectivity index (χ0v) is 9.59. The van der Waals surface area contributed by atoms with E-state index in [2.05, 4.69) is 24.2 Å². The average Bonchev–Trinajstić information content (AvgIpc) is 2.25. The van der Waals surface area contributed by atoms with Gasteiger partial charge in [0.2, 0.25) is 0 Å². The summed E-state index contributed by atoms with van der Waals surface area (Å²) < 4.78 is 5.34. The number of likely N-dealkylation sites (tertiary alicyclic amines) is 1. The zero-order chi connectivity index (χ0) is 10.2. The Hall–Kier alpha value is -0.120. The second-order valence-electron chi connectivity index (χ2n) is 3.98. The molecule has 84 valence electrons. The number of nitrogens with zero attached hydrogens (tertiary/aromatic N) is 1. The smallest absolute Gasteiger partial charge is 0.0478 e. The highest BCUT2D eigenvalue weighted by Crippen LogP contribution is 2.09. The highest BCUT2D eigenvalue weighted by molar-refractivity contribution is 4.76. The summed E-state index contributed by atoms with van der Waals surface area (Å²) in [6.07, 6.45) is 3.84. The van der Waals surface area contributed by atoms with Crippen LogP contribution in [0.5, 0.6) is 0 Å². The number of hydrogen-bond acceptors (Lipinski definition) is 3. The fourth-order valence-corrected chi connectivity index (χ4v) is 2.03. The Bertz CT molecular complexity index is 141. The molecule has 0 spiro atoms. The topological polar surface area (TPSA) is 24.5 Å². The van der Waals surface area contributed by atoms with Gasteiger partial charge >= 0.3 is 0 Å². The molecule has 1 saturated heterocycles. The van der Waals surface area contributed by atoms with Crippen molar-refractivity contribution < 1.29 is 4.74 Å². The first-order valence-electron chi connectivity index (χ1n) is 5.84. The first-order valence-corrected chi connectivity index (χ1v) is 5.84. The van der Waals surface area contributed by atoms with Gasteiger partial charge in [0.05, 0.1) is 0 Å².